The first kappa shape index (κ1) is 18.2. The van der Waals surface area contributed by atoms with Gasteiger partial charge in [0, 0.05) is 10.9 Å². The molecule has 0 radical (unpaired) electrons. The van der Waals surface area contributed by atoms with Crippen LogP contribution < -0.4 is 10.2 Å². The number of carbonyl (C=O) groups excluding carboxylic acids is 1. The van der Waals surface area contributed by atoms with E-state index < -0.39 is 5.91 Å². The van der Waals surface area contributed by atoms with Gasteiger partial charge < -0.3 is 9.15 Å². The second kappa shape index (κ2) is 8.19. The molecule has 0 saturated carbocycles. The number of para-hydroxylation sites is 2. The van der Waals surface area contributed by atoms with Crippen LogP contribution in [0.3, 0.4) is 0 Å². The van der Waals surface area contributed by atoms with Crippen molar-refractivity contribution in [1.82, 2.24) is 5.43 Å². The van der Waals surface area contributed by atoms with Crippen LogP contribution in [-0.2, 0) is 11.2 Å². The number of hydrogen-bond acceptors (Lipinski definition) is 5. The number of hydrogen-bond donors (Lipinski definition) is 1. The Morgan fingerprint density at radius 3 is 2.74 bits per heavy atom. The molecule has 1 heterocycles. The van der Waals surface area contributed by atoms with Crippen molar-refractivity contribution < 1.29 is 13.9 Å². The van der Waals surface area contributed by atoms with Crippen LogP contribution in [0.1, 0.15) is 30.7 Å². The number of aryl methyl sites for hydroxylation is 1. The van der Waals surface area contributed by atoms with E-state index in [2.05, 4.69) is 10.5 Å². The number of carbonyl (C=O) groups is 1. The van der Waals surface area contributed by atoms with Gasteiger partial charge in [0.15, 0.2) is 12.4 Å². The van der Waals surface area contributed by atoms with Crippen LogP contribution in [0.4, 0.5) is 0 Å². The fraction of sp³-hybridized carbons (Fsp3) is 0.190. The number of ether oxygens (including phenoxy) is 1. The number of hydrazone groups is 1. The van der Waals surface area contributed by atoms with Crippen LogP contribution in [0.25, 0.3) is 11.0 Å². The Labute approximate surface area is 157 Å². The quantitative estimate of drug-likeness (QED) is 0.534. The SMILES string of the molecule is CCc1c(/C(C)=N\NC(=O)COc2ccccc2C#N)oc2ccccc12. The van der Waals surface area contributed by atoms with Gasteiger partial charge in [0.2, 0.25) is 0 Å². The highest BCUT2D eigenvalue weighted by atomic mass is 16.5. The van der Waals surface area contributed by atoms with E-state index in [0.29, 0.717) is 22.8 Å². The summed E-state index contributed by atoms with van der Waals surface area (Å²) in [6, 6.07) is 16.6. The van der Waals surface area contributed by atoms with Gasteiger partial charge in [-0.25, -0.2) is 5.43 Å². The maximum absolute atomic E-state index is 12.0. The molecule has 0 aliphatic rings. The van der Waals surface area contributed by atoms with Crippen LogP contribution >= 0.6 is 0 Å². The van der Waals surface area contributed by atoms with E-state index in [4.69, 9.17) is 14.4 Å². The summed E-state index contributed by atoms with van der Waals surface area (Å²) in [5.41, 5.74) is 5.27. The Morgan fingerprint density at radius 2 is 1.96 bits per heavy atom. The largest absolute Gasteiger partial charge is 0.482 e. The van der Waals surface area contributed by atoms with Crippen molar-refractivity contribution in [2.24, 2.45) is 5.10 Å². The van der Waals surface area contributed by atoms with Gasteiger partial charge in [-0.2, -0.15) is 10.4 Å². The van der Waals surface area contributed by atoms with E-state index in [1.165, 1.54) is 0 Å². The summed E-state index contributed by atoms with van der Waals surface area (Å²) in [4.78, 5) is 12.0. The zero-order chi connectivity index (χ0) is 19.2. The van der Waals surface area contributed by atoms with Crippen molar-refractivity contribution >= 4 is 22.6 Å². The third kappa shape index (κ3) is 3.98. The van der Waals surface area contributed by atoms with E-state index in [9.17, 15) is 4.79 Å². The number of nitrogens with zero attached hydrogens (tertiary/aromatic N) is 2. The molecular formula is C21H19N3O3. The van der Waals surface area contributed by atoms with Gasteiger partial charge in [0.1, 0.15) is 23.1 Å². The van der Waals surface area contributed by atoms with Crippen LogP contribution in [0.2, 0.25) is 0 Å². The van der Waals surface area contributed by atoms with Gasteiger partial charge in [0.25, 0.3) is 5.91 Å². The molecule has 1 aromatic heterocycles. The molecule has 27 heavy (non-hydrogen) atoms. The first-order valence-corrected chi connectivity index (χ1v) is 8.59. The number of fused-ring (bicyclic) bond motifs is 1. The minimum Gasteiger partial charge on any atom is -0.482 e. The van der Waals surface area contributed by atoms with E-state index in [1.54, 1.807) is 31.2 Å². The first-order valence-electron chi connectivity index (χ1n) is 8.59. The Balaban J connectivity index is 1.69. The van der Waals surface area contributed by atoms with Gasteiger partial charge >= 0.3 is 0 Å². The van der Waals surface area contributed by atoms with Gasteiger partial charge in [-0.1, -0.05) is 37.3 Å². The molecule has 0 aliphatic heterocycles. The molecule has 0 unspecified atom stereocenters. The molecule has 6 heteroatoms. The Kier molecular flexibility index (Phi) is 5.53. The summed E-state index contributed by atoms with van der Waals surface area (Å²) >= 11 is 0. The maximum Gasteiger partial charge on any atom is 0.277 e. The minimum atomic E-state index is -0.420. The highest BCUT2D eigenvalue weighted by Gasteiger charge is 2.15. The number of benzene rings is 2. The number of rotatable bonds is 6. The maximum atomic E-state index is 12.0. The molecule has 0 bridgehead atoms. The molecule has 136 valence electrons. The lowest BCUT2D eigenvalue weighted by Gasteiger charge is -2.06. The standard InChI is InChI=1S/C21H19N3O3/c1-3-16-17-9-5-7-11-19(17)27-21(16)14(2)23-24-20(25)13-26-18-10-6-4-8-15(18)12-22/h4-11H,3,13H2,1-2H3,(H,24,25)/b23-14-. The van der Waals surface area contributed by atoms with Crippen molar-refractivity contribution in [2.75, 3.05) is 6.61 Å². The molecule has 0 spiro atoms. The smallest absolute Gasteiger partial charge is 0.277 e. The van der Waals surface area contributed by atoms with E-state index >= 15 is 0 Å². The second-order valence-electron chi connectivity index (χ2n) is 5.89. The van der Waals surface area contributed by atoms with Gasteiger partial charge in [0.05, 0.1) is 5.56 Å². The zero-order valence-corrected chi connectivity index (χ0v) is 15.2. The number of amides is 1. The Morgan fingerprint density at radius 1 is 1.22 bits per heavy atom. The molecule has 3 rings (SSSR count). The predicted molar refractivity (Wildman–Crippen MR) is 103 cm³/mol. The monoisotopic (exact) mass is 361 g/mol. The molecule has 6 nitrogen and oxygen atoms in total. The Hall–Kier alpha value is -3.59. The molecule has 0 aliphatic carbocycles. The molecule has 0 saturated heterocycles. The van der Waals surface area contributed by atoms with Crippen molar-refractivity contribution in [1.29, 1.82) is 5.26 Å². The number of furan rings is 1. The zero-order valence-electron chi connectivity index (χ0n) is 15.2. The highest BCUT2D eigenvalue weighted by Crippen LogP contribution is 2.26. The van der Waals surface area contributed by atoms with Crippen LogP contribution in [-0.4, -0.2) is 18.2 Å². The van der Waals surface area contributed by atoms with Crippen molar-refractivity contribution in [3.05, 3.63) is 65.4 Å². The summed E-state index contributed by atoms with van der Waals surface area (Å²) in [6.45, 7) is 3.59. The third-order valence-electron chi connectivity index (χ3n) is 4.10. The fourth-order valence-corrected chi connectivity index (χ4v) is 2.80. The molecule has 0 atom stereocenters. The van der Waals surface area contributed by atoms with E-state index in [-0.39, 0.29) is 6.61 Å². The summed E-state index contributed by atoms with van der Waals surface area (Å²) < 4.78 is 11.3. The van der Waals surface area contributed by atoms with Crippen molar-refractivity contribution in [3.63, 3.8) is 0 Å². The molecular weight excluding hydrogens is 342 g/mol. The molecule has 3 aromatic rings. The van der Waals surface area contributed by atoms with Crippen molar-refractivity contribution in [3.8, 4) is 11.8 Å². The molecule has 1 N–H and O–H groups in total. The second-order valence-corrected chi connectivity index (χ2v) is 5.89. The summed E-state index contributed by atoms with van der Waals surface area (Å²) in [5.74, 6) is 0.604. The molecule has 0 fully saturated rings. The lowest BCUT2D eigenvalue weighted by atomic mass is 10.1. The number of nitrogens with one attached hydrogen (secondary N) is 1. The van der Waals surface area contributed by atoms with Crippen LogP contribution in [0.15, 0.2) is 58.0 Å². The Bertz CT molecular complexity index is 1040. The van der Waals surface area contributed by atoms with Crippen LogP contribution in [0.5, 0.6) is 5.75 Å². The highest BCUT2D eigenvalue weighted by molar-refractivity contribution is 6.02. The topological polar surface area (TPSA) is 87.6 Å². The minimum absolute atomic E-state index is 0.240. The predicted octanol–water partition coefficient (Wildman–Crippen LogP) is 3.79. The van der Waals surface area contributed by atoms with Gasteiger partial charge in [-0.05, 0) is 31.5 Å². The third-order valence-corrected chi connectivity index (χ3v) is 4.10. The molecule has 1 amide bonds. The fourth-order valence-electron chi connectivity index (χ4n) is 2.80. The molecule has 2 aromatic carbocycles. The summed E-state index contributed by atoms with van der Waals surface area (Å²) in [5, 5.41) is 14.2. The van der Waals surface area contributed by atoms with Gasteiger partial charge in [-0.3, -0.25) is 4.79 Å². The average molecular weight is 361 g/mol. The normalized spacial score (nSPS) is 11.2. The van der Waals surface area contributed by atoms with E-state index in [0.717, 1.165) is 23.0 Å². The summed E-state index contributed by atoms with van der Waals surface area (Å²) in [7, 11) is 0. The number of nitriles is 1. The first-order chi connectivity index (χ1) is 13.1. The lowest BCUT2D eigenvalue weighted by Crippen LogP contribution is -2.25. The summed E-state index contributed by atoms with van der Waals surface area (Å²) in [6.07, 6.45) is 0.793. The lowest BCUT2D eigenvalue weighted by molar-refractivity contribution is -0.123. The van der Waals surface area contributed by atoms with E-state index in [1.807, 2.05) is 37.3 Å². The average Bonchev–Trinajstić information content (AvgIpc) is 3.09. The van der Waals surface area contributed by atoms with Crippen LogP contribution in [0, 0.1) is 11.3 Å². The van der Waals surface area contributed by atoms with Gasteiger partial charge in [-0.15, -0.1) is 0 Å². The van der Waals surface area contributed by atoms with Crippen molar-refractivity contribution in [2.45, 2.75) is 20.3 Å².